The van der Waals surface area contributed by atoms with E-state index in [2.05, 4.69) is 26.0 Å². The topological polar surface area (TPSA) is 119 Å². The predicted molar refractivity (Wildman–Crippen MR) is 139 cm³/mol. The van der Waals surface area contributed by atoms with Crippen LogP contribution >= 0.6 is 23.4 Å². The molecule has 4 aromatic rings. The van der Waals surface area contributed by atoms with Gasteiger partial charge in [-0.1, -0.05) is 71.9 Å². The van der Waals surface area contributed by atoms with Crippen molar-refractivity contribution in [2.24, 2.45) is 5.10 Å². The maximum atomic E-state index is 12.1. The lowest BCUT2D eigenvalue weighted by molar-refractivity contribution is -0.113. The molecule has 9 nitrogen and oxygen atoms in total. The Kier molecular flexibility index (Phi) is 8.21. The van der Waals surface area contributed by atoms with E-state index in [1.54, 1.807) is 6.21 Å². The Morgan fingerprint density at radius 3 is 2.63 bits per heavy atom. The summed E-state index contributed by atoms with van der Waals surface area (Å²) in [6.45, 7) is 0.327. The monoisotopic (exact) mass is 507 g/mol. The number of para-hydroxylation sites is 2. The molecule has 1 heterocycles. The van der Waals surface area contributed by atoms with Gasteiger partial charge in [0.2, 0.25) is 11.1 Å². The number of aromatic nitrogens is 3. The van der Waals surface area contributed by atoms with Gasteiger partial charge in [-0.2, -0.15) is 5.10 Å². The number of carbonyl (C=O) groups is 1. The molecule has 0 saturated carbocycles. The highest BCUT2D eigenvalue weighted by Crippen LogP contribution is 2.21. The van der Waals surface area contributed by atoms with E-state index < -0.39 is 0 Å². The first-order valence-electron chi connectivity index (χ1n) is 10.5. The number of nitrogens with two attached hydrogens (primary N) is 1. The molecule has 0 unspecified atom stereocenters. The van der Waals surface area contributed by atoms with Gasteiger partial charge in [0.25, 0.3) is 5.95 Å². The average Bonchev–Trinajstić information content (AvgIpc) is 3.22. The van der Waals surface area contributed by atoms with Crippen molar-refractivity contribution in [1.82, 2.24) is 14.9 Å². The summed E-state index contributed by atoms with van der Waals surface area (Å²) in [5, 5.41) is 16.0. The fourth-order valence-electron chi connectivity index (χ4n) is 2.95. The molecule has 0 aliphatic carbocycles. The highest BCUT2D eigenvalue weighted by Gasteiger charge is 2.12. The second-order valence-corrected chi connectivity index (χ2v) is 8.52. The number of nitrogens with zero attached hydrogens (tertiary/aromatic N) is 4. The third-order valence-corrected chi connectivity index (χ3v) is 5.99. The van der Waals surface area contributed by atoms with Crippen molar-refractivity contribution in [2.75, 3.05) is 22.3 Å². The molecule has 0 fully saturated rings. The Labute approximate surface area is 211 Å². The van der Waals surface area contributed by atoms with E-state index in [0.29, 0.717) is 22.5 Å². The second kappa shape index (κ2) is 11.9. The molecule has 0 saturated heterocycles. The van der Waals surface area contributed by atoms with Crippen molar-refractivity contribution in [3.05, 3.63) is 95.0 Å². The summed E-state index contributed by atoms with van der Waals surface area (Å²) in [5.41, 5.74) is 5.12. The fourth-order valence-corrected chi connectivity index (χ4v) is 3.80. The average molecular weight is 508 g/mol. The summed E-state index contributed by atoms with van der Waals surface area (Å²) in [6.07, 6.45) is 1.59. The Morgan fingerprint density at radius 2 is 1.80 bits per heavy atom. The first-order chi connectivity index (χ1) is 17.1. The SMILES string of the molecule is Nn1c(N/N=C/c2ccccc2OCc2ccccc2Cl)nnc1SCC(=O)Nc1ccccc1. The number of nitrogens with one attached hydrogen (secondary N) is 2. The summed E-state index contributed by atoms with van der Waals surface area (Å²) in [5.74, 6) is 6.87. The number of hydrazone groups is 1. The number of anilines is 2. The zero-order chi connectivity index (χ0) is 24.5. The van der Waals surface area contributed by atoms with Gasteiger partial charge in [-0.25, -0.2) is 10.1 Å². The van der Waals surface area contributed by atoms with Gasteiger partial charge in [-0.15, -0.1) is 10.2 Å². The summed E-state index contributed by atoms with van der Waals surface area (Å²) in [7, 11) is 0. The quantitative estimate of drug-likeness (QED) is 0.126. The number of amides is 1. The molecule has 0 spiro atoms. The number of thioether (sulfide) groups is 1. The molecule has 0 aliphatic rings. The minimum atomic E-state index is -0.176. The van der Waals surface area contributed by atoms with Gasteiger partial charge < -0.3 is 15.9 Å². The van der Waals surface area contributed by atoms with Crippen LogP contribution in [0.5, 0.6) is 5.75 Å². The van der Waals surface area contributed by atoms with Gasteiger partial charge in [-0.3, -0.25) is 4.79 Å². The number of hydrogen-bond acceptors (Lipinski definition) is 8. The van der Waals surface area contributed by atoms with Crippen LogP contribution in [0.2, 0.25) is 5.02 Å². The van der Waals surface area contributed by atoms with E-state index in [0.717, 1.165) is 28.6 Å². The first-order valence-corrected chi connectivity index (χ1v) is 11.9. The van der Waals surface area contributed by atoms with Crippen molar-refractivity contribution in [3.63, 3.8) is 0 Å². The van der Waals surface area contributed by atoms with Crippen molar-refractivity contribution < 1.29 is 9.53 Å². The van der Waals surface area contributed by atoms with Crippen LogP contribution in [-0.4, -0.2) is 32.7 Å². The summed E-state index contributed by atoms with van der Waals surface area (Å²) in [4.78, 5) is 12.1. The maximum Gasteiger partial charge on any atom is 0.264 e. The van der Waals surface area contributed by atoms with Crippen LogP contribution in [0.15, 0.2) is 89.1 Å². The van der Waals surface area contributed by atoms with Crippen LogP contribution in [0, 0.1) is 0 Å². The van der Waals surface area contributed by atoms with Crippen molar-refractivity contribution in [3.8, 4) is 5.75 Å². The largest absolute Gasteiger partial charge is 0.488 e. The molecule has 1 amide bonds. The standard InChI is InChI=1S/C24H22ClN7O2S/c25-20-12-6-4-9-18(20)15-34-21-13-7-5-8-17(21)14-27-29-23-30-31-24(32(23)26)35-16-22(33)28-19-10-2-1-3-11-19/h1-14H,15-16,26H2,(H,28,33)(H,29,30)/b27-14+. The molecular weight excluding hydrogens is 486 g/mol. The van der Waals surface area contributed by atoms with Gasteiger partial charge in [0, 0.05) is 21.8 Å². The molecule has 3 aromatic carbocycles. The van der Waals surface area contributed by atoms with Crippen LogP contribution in [0.4, 0.5) is 11.6 Å². The zero-order valence-electron chi connectivity index (χ0n) is 18.5. The smallest absolute Gasteiger partial charge is 0.264 e. The van der Waals surface area contributed by atoms with E-state index in [-0.39, 0.29) is 17.6 Å². The summed E-state index contributed by atoms with van der Waals surface area (Å²) < 4.78 is 7.16. The van der Waals surface area contributed by atoms with Crippen LogP contribution < -0.4 is 21.3 Å². The van der Waals surface area contributed by atoms with Crippen molar-refractivity contribution in [2.45, 2.75) is 11.8 Å². The number of carbonyl (C=O) groups excluding carboxylic acids is 1. The van der Waals surface area contributed by atoms with Crippen LogP contribution in [0.1, 0.15) is 11.1 Å². The minimum Gasteiger partial charge on any atom is -0.488 e. The maximum absolute atomic E-state index is 12.1. The lowest BCUT2D eigenvalue weighted by Gasteiger charge is -2.10. The molecule has 11 heteroatoms. The molecule has 4 rings (SSSR count). The molecular formula is C24H22ClN7O2S. The number of ether oxygens (including phenoxy) is 1. The molecule has 35 heavy (non-hydrogen) atoms. The Balaban J connectivity index is 1.32. The molecule has 178 valence electrons. The van der Waals surface area contributed by atoms with Crippen LogP contribution in [0.3, 0.4) is 0 Å². The normalized spacial score (nSPS) is 10.9. The Bertz CT molecular complexity index is 1310. The van der Waals surface area contributed by atoms with Gasteiger partial charge in [0.05, 0.1) is 12.0 Å². The van der Waals surface area contributed by atoms with E-state index in [1.807, 2.05) is 78.9 Å². The van der Waals surface area contributed by atoms with E-state index >= 15 is 0 Å². The third-order valence-electron chi connectivity index (χ3n) is 4.68. The highest BCUT2D eigenvalue weighted by atomic mass is 35.5. The predicted octanol–water partition coefficient (Wildman–Crippen LogP) is 4.40. The van der Waals surface area contributed by atoms with Gasteiger partial charge in [0.15, 0.2) is 0 Å². The molecule has 1 aromatic heterocycles. The molecule has 0 radical (unpaired) electrons. The number of hydrogen-bond donors (Lipinski definition) is 3. The summed E-state index contributed by atoms with van der Waals surface area (Å²) in [6, 6.07) is 24.2. The number of nitrogen functional groups attached to an aromatic ring is 1. The zero-order valence-corrected chi connectivity index (χ0v) is 20.0. The molecule has 0 bridgehead atoms. The van der Waals surface area contributed by atoms with E-state index in [9.17, 15) is 4.79 Å². The van der Waals surface area contributed by atoms with E-state index in [1.165, 1.54) is 4.68 Å². The highest BCUT2D eigenvalue weighted by molar-refractivity contribution is 7.99. The number of rotatable bonds is 10. The van der Waals surface area contributed by atoms with Gasteiger partial charge in [-0.05, 0) is 30.3 Å². The van der Waals surface area contributed by atoms with Crippen LogP contribution in [-0.2, 0) is 11.4 Å². The lowest BCUT2D eigenvalue weighted by Crippen LogP contribution is -2.16. The second-order valence-electron chi connectivity index (χ2n) is 7.17. The van der Waals surface area contributed by atoms with Crippen molar-refractivity contribution >= 4 is 47.1 Å². The number of benzene rings is 3. The van der Waals surface area contributed by atoms with E-state index in [4.69, 9.17) is 22.2 Å². The molecule has 0 aliphatic heterocycles. The summed E-state index contributed by atoms with van der Waals surface area (Å²) >= 11 is 7.37. The van der Waals surface area contributed by atoms with Gasteiger partial charge in [0.1, 0.15) is 12.4 Å². The third kappa shape index (κ3) is 6.75. The molecule has 0 atom stereocenters. The molecule has 4 N–H and O–H groups in total. The van der Waals surface area contributed by atoms with Gasteiger partial charge >= 0.3 is 0 Å². The van der Waals surface area contributed by atoms with Crippen LogP contribution in [0.25, 0.3) is 0 Å². The first kappa shape index (κ1) is 24.1. The fraction of sp³-hybridized carbons (Fsp3) is 0.0833. The Hall–Kier alpha value is -4.02. The lowest BCUT2D eigenvalue weighted by atomic mass is 10.2. The minimum absolute atomic E-state index is 0.129. The Morgan fingerprint density at radius 1 is 1.06 bits per heavy atom. The number of halogens is 1. The van der Waals surface area contributed by atoms with Crippen molar-refractivity contribution in [1.29, 1.82) is 0 Å².